The molecule has 0 saturated heterocycles. The van der Waals surface area contributed by atoms with Gasteiger partial charge in [-0.15, -0.1) is 0 Å². The van der Waals surface area contributed by atoms with E-state index < -0.39 is 0 Å². The normalized spacial score (nSPS) is 35.8. The lowest BCUT2D eigenvalue weighted by atomic mass is 9.68. The highest BCUT2D eigenvalue weighted by molar-refractivity contribution is 5.77. The van der Waals surface area contributed by atoms with E-state index in [1.807, 2.05) is 6.07 Å². The van der Waals surface area contributed by atoms with Crippen molar-refractivity contribution in [2.45, 2.75) is 59.9 Å². The number of hydrogen-bond donors (Lipinski definition) is 0. The van der Waals surface area contributed by atoms with Gasteiger partial charge in [0.25, 0.3) is 0 Å². The molecule has 1 aromatic rings. The van der Waals surface area contributed by atoms with Crippen molar-refractivity contribution in [1.29, 1.82) is 0 Å². The summed E-state index contributed by atoms with van der Waals surface area (Å²) < 4.78 is 2.46. The number of aldehydes is 1. The van der Waals surface area contributed by atoms with Crippen LogP contribution in [-0.4, -0.2) is 10.9 Å². The van der Waals surface area contributed by atoms with Crippen molar-refractivity contribution in [2.24, 2.45) is 16.7 Å². The summed E-state index contributed by atoms with van der Waals surface area (Å²) in [5.74, 6) is 0.836. The van der Waals surface area contributed by atoms with Gasteiger partial charge in [-0.2, -0.15) is 0 Å². The first-order valence-electron chi connectivity index (χ1n) is 7.45. The molecule has 1 aromatic heterocycles. The Balaban J connectivity index is 2.17. The van der Waals surface area contributed by atoms with Gasteiger partial charge in [0.1, 0.15) is 0 Å². The summed E-state index contributed by atoms with van der Waals surface area (Å²) in [6.07, 6.45) is 5.05. The third-order valence-corrected chi connectivity index (χ3v) is 6.10. The quantitative estimate of drug-likeness (QED) is 0.726. The first-order valence-corrected chi connectivity index (χ1v) is 7.45. The van der Waals surface area contributed by atoms with Gasteiger partial charge in [0.2, 0.25) is 0 Å². The van der Waals surface area contributed by atoms with Crippen LogP contribution in [0.5, 0.6) is 0 Å². The molecule has 3 rings (SSSR count). The minimum absolute atomic E-state index is 0.335. The topological polar surface area (TPSA) is 22.0 Å². The number of carbonyl (C=O) groups excluding carboxylic acids is 1. The van der Waals surface area contributed by atoms with Gasteiger partial charge in [0, 0.05) is 23.0 Å². The molecule has 0 amide bonds. The summed E-state index contributed by atoms with van der Waals surface area (Å²) in [6.45, 7) is 11.5. The minimum atomic E-state index is 0.335. The standard InChI is InChI=1S/C17H25NO/c1-11-8-13(10-19)12(2)18(11)15-16(3,4)14-6-7-17(15,5)9-14/h8,10,14-15H,6-7,9H2,1-5H3. The number of fused-ring (bicyclic) bond motifs is 2. The van der Waals surface area contributed by atoms with Crippen molar-refractivity contribution in [1.82, 2.24) is 4.57 Å². The Hall–Kier alpha value is -1.05. The molecule has 2 bridgehead atoms. The summed E-state index contributed by atoms with van der Waals surface area (Å²) in [6, 6.07) is 2.58. The van der Waals surface area contributed by atoms with Crippen molar-refractivity contribution >= 4 is 6.29 Å². The van der Waals surface area contributed by atoms with Crippen LogP contribution < -0.4 is 0 Å². The molecular formula is C17H25NO. The highest BCUT2D eigenvalue weighted by Crippen LogP contribution is 2.68. The van der Waals surface area contributed by atoms with E-state index in [4.69, 9.17) is 0 Å². The SMILES string of the molecule is Cc1cc(C=O)c(C)n1C1C2(C)CCC(C2)C1(C)C. The molecular weight excluding hydrogens is 234 g/mol. The molecule has 0 N–H and O–H groups in total. The molecule has 0 radical (unpaired) electrons. The summed E-state index contributed by atoms with van der Waals surface area (Å²) >= 11 is 0. The summed E-state index contributed by atoms with van der Waals surface area (Å²) in [4.78, 5) is 11.2. The molecule has 0 aliphatic heterocycles. The predicted molar refractivity (Wildman–Crippen MR) is 77.6 cm³/mol. The number of aromatic nitrogens is 1. The van der Waals surface area contributed by atoms with Gasteiger partial charge >= 0.3 is 0 Å². The molecule has 2 fully saturated rings. The number of carbonyl (C=O) groups is 1. The average Bonchev–Trinajstić information content (AvgIpc) is 2.90. The molecule has 2 heteroatoms. The largest absolute Gasteiger partial charge is 0.344 e. The molecule has 2 aliphatic rings. The maximum absolute atomic E-state index is 11.2. The Morgan fingerprint density at radius 1 is 1.32 bits per heavy atom. The Kier molecular flexibility index (Phi) is 2.55. The molecule has 2 aliphatic carbocycles. The zero-order valence-electron chi connectivity index (χ0n) is 12.8. The van der Waals surface area contributed by atoms with Crippen molar-refractivity contribution in [3.8, 4) is 0 Å². The molecule has 1 heterocycles. The number of rotatable bonds is 2. The van der Waals surface area contributed by atoms with Crippen molar-refractivity contribution in [3.63, 3.8) is 0 Å². The Labute approximate surface area is 116 Å². The van der Waals surface area contributed by atoms with Crippen LogP contribution in [0, 0.1) is 30.6 Å². The molecule has 2 saturated carbocycles. The third-order valence-electron chi connectivity index (χ3n) is 6.10. The van der Waals surface area contributed by atoms with Gasteiger partial charge < -0.3 is 4.57 Å². The predicted octanol–water partition coefficient (Wildman–Crippen LogP) is 4.30. The van der Waals surface area contributed by atoms with Crippen LogP contribution in [-0.2, 0) is 0 Å². The summed E-state index contributed by atoms with van der Waals surface area (Å²) in [7, 11) is 0. The maximum Gasteiger partial charge on any atom is 0.151 e. The van der Waals surface area contributed by atoms with Crippen LogP contribution in [0.15, 0.2) is 6.07 Å². The van der Waals surface area contributed by atoms with Gasteiger partial charge in [-0.05, 0) is 55.9 Å². The van der Waals surface area contributed by atoms with E-state index in [-0.39, 0.29) is 0 Å². The summed E-state index contributed by atoms with van der Waals surface area (Å²) in [5, 5.41) is 0. The van der Waals surface area contributed by atoms with E-state index in [0.717, 1.165) is 23.5 Å². The fourth-order valence-corrected chi connectivity index (χ4v) is 5.24. The molecule has 0 spiro atoms. The number of nitrogens with zero attached hydrogens (tertiary/aromatic N) is 1. The van der Waals surface area contributed by atoms with Gasteiger partial charge in [0.05, 0.1) is 0 Å². The molecule has 0 aromatic carbocycles. The first kappa shape index (κ1) is 13.0. The molecule has 3 atom stereocenters. The van der Waals surface area contributed by atoms with Gasteiger partial charge in [0.15, 0.2) is 6.29 Å². The number of hydrogen-bond acceptors (Lipinski definition) is 1. The van der Waals surface area contributed by atoms with E-state index in [2.05, 4.69) is 39.2 Å². The maximum atomic E-state index is 11.2. The smallest absolute Gasteiger partial charge is 0.151 e. The van der Waals surface area contributed by atoms with Gasteiger partial charge in [-0.1, -0.05) is 20.8 Å². The molecule has 19 heavy (non-hydrogen) atoms. The van der Waals surface area contributed by atoms with Crippen LogP contribution >= 0.6 is 0 Å². The van der Waals surface area contributed by atoms with E-state index in [0.29, 0.717) is 16.9 Å². The van der Waals surface area contributed by atoms with Gasteiger partial charge in [-0.3, -0.25) is 4.79 Å². The zero-order valence-corrected chi connectivity index (χ0v) is 12.8. The van der Waals surface area contributed by atoms with Crippen molar-refractivity contribution in [2.75, 3.05) is 0 Å². The second-order valence-corrected chi connectivity index (χ2v) is 7.63. The highest BCUT2D eigenvalue weighted by atomic mass is 16.1. The minimum Gasteiger partial charge on any atom is -0.344 e. The Morgan fingerprint density at radius 3 is 2.47 bits per heavy atom. The molecule has 104 valence electrons. The summed E-state index contributed by atoms with van der Waals surface area (Å²) in [5.41, 5.74) is 4.00. The van der Waals surface area contributed by atoms with Crippen molar-refractivity contribution in [3.05, 3.63) is 23.0 Å². The lowest BCUT2D eigenvalue weighted by Crippen LogP contribution is -2.38. The fourth-order valence-electron chi connectivity index (χ4n) is 5.24. The van der Waals surface area contributed by atoms with Crippen LogP contribution in [0.1, 0.15) is 67.8 Å². The Morgan fingerprint density at radius 2 is 2.00 bits per heavy atom. The van der Waals surface area contributed by atoms with Crippen molar-refractivity contribution < 1.29 is 4.79 Å². The van der Waals surface area contributed by atoms with Crippen LogP contribution in [0.3, 0.4) is 0 Å². The Bertz CT molecular complexity index is 535. The van der Waals surface area contributed by atoms with E-state index >= 15 is 0 Å². The second kappa shape index (κ2) is 3.74. The molecule has 2 nitrogen and oxygen atoms in total. The third kappa shape index (κ3) is 1.52. The first-order chi connectivity index (χ1) is 8.81. The fraction of sp³-hybridized carbons (Fsp3) is 0.706. The monoisotopic (exact) mass is 259 g/mol. The lowest BCUT2D eigenvalue weighted by molar-refractivity contribution is 0.0806. The van der Waals surface area contributed by atoms with E-state index in [1.54, 1.807) is 0 Å². The highest BCUT2D eigenvalue weighted by Gasteiger charge is 2.60. The second-order valence-electron chi connectivity index (χ2n) is 7.63. The van der Waals surface area contributed by atoms with Gasteiger partial charge in [-0.25, -0.2) is 0 Å². The van der Waals surface area contributed by atoms with Crippen LogP contribution in [0.2, 0.25) is 0 Å². The van der Waals surface area contributed by atoms with E-state index in [1.165, 1.54) is 25.0 Å². The number of aryl methyl sites for hydroxylation is 1. The lowest BCUT2D eigenvalue weighted by Gasteiger charge is -2.45. The van der Waals surface area contributed by atoms with Crippen LogP contribution in [0.25, 0.3) is 0 Å². The van der Waals surface area contributed by atoms with Crippen LogP contribution in [0.4, 0.5) is 0 Å². The zero-order chi connectivity index (χ0) is 14.0. The average molecular weight is 259 g/mol. The molecule has 3 unspecified atom stereocenters. The van der Waals surface area contributed by atoms with E-state index in [9.17, 15) is 4.79 Å².